The smallest absolute Gasteiger partial charge is 0.193 e. The summed E-state index contributed by atoms with van der Waals surface area (Å²) in [5, 5.41) is 3.55. The Morgan fingerprint density at radius 1 is 1.32 bits per heavy atom. The Labute approximate surface area is 170 Å². The van der Waals surface area contributed by atoms with Gasteiger partial charge in [0, 0.05) is 39.7 Å². The number of nitrogens with zero attached hydrogens (tertiary/aromatic N) is 2. The number of benzene rings is 1. The summed E-state index contributed by atoms with van der Waals surface area (Å²) in [6.07, 6.45) is 4.91. The second-order valence-electron chi connectivity index (χ2n) is 6.81. The van der Waals surface area contributed by atoms with Crippen LogP contribution in [0.2, 0.25) is 0 Å². The van der Waals surface area contributed by atoms with Crippen LogP contribution in [-0.2, 0) is 4.74 Å². The summed E-state index contributed by atoms with van der Waals surface area (Å²) in [7, 11) is 3.97. The molecule has 0 aromatic heterocycles. The van der Waals surface area contributed by atoms with Gasteiger partial charge in [-0.3, -0.25) is 4.99 Å². The van der Waals surface area contributed by atoms with Crippen molar-refractivity contribution in [3.05, 3.63) is 35.4 Å². The zero-order valence-electron chi connectivity index (χ0n) is 16.1. The molecule has 4 nitrogen and oxygen atoms in total. The van der Waals surface area contributed by atoms with Gasteiger partial charge in [0.1, 0.15) is 0 Å². The summed E-state index contributed by atoms with van der Waals surface area (Å²) < 4.78 is 6.11. The van der Waals surface area contributed by atoms with Crippen molar-refractivity contribution < 1.29 is 4.74 Å². The van der Waals surface area contributed by atoms with Crippen molar-refractivity contribution in [3.8, 4) is 0 Å². The van der Waals surface area contributed by atoms with E-state index in [1.54, 1.807) is 0 Å². The summed E-state index contributed by atoms with van der Waals surface area (Å²) >= 11 is 0. The number of guanidine groups is 1. The Morgan fingerprint density at radius 3 is 2.68 bits per heavy atom. The lowest BCUT2D eigenvalue weighted by Crippen LogP contribution is -2.43. The van der Waals surface area contributed by atoms with E-state index >= 15 is 0 Å². The van der Waals surface area contributed by atoms with E-state index in [0.29, 0.717) is 5.92 Å². The van der Waals surface area contributed by atoms with Crippen molar-refractivity contribution in [1.29, 1.82) is 0 Å². The van der Waals surface area contributed by atoms with Gasteiger partial charge < -0.3 is 15.0 Å². The highest BCUT2D eigenvalue weighted by Gasteiger charge is 2.27. The first-order valence-corrected chi connectivity index (χ1v) is 9.25. The van der Waals surface area contributed by atoms with E-state index in [2.05, 4.69) is 60.4 Å². The van der Waals surface area contributed by atoms with Crippen LogP contribution in [0.15, 0.2) is 29.3 Å². The van der Waals surface area contributed by atoms with Crippen LogP contribution in [0, 0.1) is 12.8 Å². The maximum Gasteiger partial charge on any atom is 0.193 e. The van der Waals surface area contributed by atoms with Gasteiger partial charge in [-0.15, -0.1) is 24.0 Å². The molecule has 1 fully saturated rings. The Kier molecular flexibility index (Phi) is 10.4. The molecule has 2 unspecified atom stereocenters. The lowest BCUT2D eigenvalue weighted by molar-refractivity contribution is -0.0266. The van der Waals surface area contributed by atoms with Crippen molar-refractivity contribution in [2.45, 2.75) is 45.6 Å². The van der Waals surface area contributed by atoms with Gasteiger partial charge in [-0.1, -0.05) is 43.2 Å². The number of rotatable bonds is 6. The second-order valence-corrected chi connectivity index (χ2v) is 6.81. The van der Waals surface area contributed by atoms with Crippen LogP contribution in [0.5, 0.6) is 0 Å². The SMILES string of the molecule is CCCCN(C)C(=NC)NCC1CCCOC1c1ccc(C)cc1.I. The Hall–Kier alpha value is -0.820. The molecule has 1 N–H and O–H groups in total. The van der Waals surface area contributed by atoms with Crippen LogP contribution in [-0.4, -0.2) is 44.7 Å². The van der Waals surface area contributed by atoms with Crippen LogP contribution >= 0.6 is 24.0 Å². The normalized spacial score (nSPS) is 20.7. The molecule has 1 aromatic rings. The van der Waals surface area contributed by atoms with Crippen molar-refractivity contribution in [1.82, 2.24) is 10.2 Å². The summed E-state index contributed by atoms with van der Waals surface area (Å²) in [6.45, 7) is 7.15. The van der Waals surface area contributed by atoms with E-state index in [-0.39, 0.29) is 30.1 Å². The predicted molar refractivity (Wildman–Crippen MR) is 117 cm³/mol. The maximum atomic E-state index is 6.11. The summed E-state index contributed by atoms with van der Waals surface area (Å²) in [6, 6.07) is 8.77. The minimum atomic E-state index is 0. The zero-order chi connectivity index (χ0) is 17.4. The van der Waals surface area contributed by atoms with E-state index in [9.17, 15) is 0 Å². The Morgan fingerprint density at radius 2 is 2.04 bits per heavy atom. The fourth-order valence-corrected chi connectivity index (χ4v) is 3.29. The molecule has 142 valence electrons. The average Bonchev–Trinajstić information content (AvgIpc) is 2.61. The quantitative estimate of drug-likeness (QED) is 0.390. The third-order valence-electron chi connectivity index (χ3n) is 4.79. The van der Waals surface area contributed by atoms with Crippen LogP contribution in [0.1, 0.15) is 49.8 Å². The van der Waals surface area contributed by atoms with Crippen LogP contribution < -0.4 is 5.32 Å². The number of aliphatic imine (C=N–C) groups is 1. The minimum absolute atomic E-state index is 0. The highest BCUT2D eigenvalue weighted by molar-refractivity contribution is 14.0. The number of aryl methyl sites for hydroxylation is 1. The molecule has 5 heteroatoms. The van der Waals surface area contributed by atoms with Gasteiger partial charge in [0.25, 0.3) is 0 Å². The van der Waals surface area contributed by atoms with Gasteiger partial charge >= 0.3 is 0 Å². The summed E-state index contributed by atoms with van der Waals surface area (Å²) in [4.78, 5) is 6.64. The van der Waals surface area contributed by atoms with E-state index in [4.69, 9.17) is 4.74 Å². The van der Waals surface area contributed by atoms with Crippen LogP contribution in [0.25, 0.3) is 0 Å². The minimum Gasteiger partial charge on any atom is -0.373 e. The first kappa shape index (κ1) is 22.2. The molecule has 25 heavy (non-hydrogen) atoms. The highest BCUT2D eigenvalue weighted by Crippen LogP contribution is 2.33. The maximum absolute atomic E-state index is 6.11. The highest BCUT2D eigenvalue weighted by atomic mass is 127. The predicted octanol–water partition coefficient (Wildman–Crippen LogP) is 4.39. The molecular weight excluding hydrogens is 425 g/mol. The average molecular weight is 459 g/mol. The first-order valence-electron chi connectivity index (χ1n) is 9.25. The Bertz CT molecular complexity index is 518. The van der Waals surface area contributed by atoms with Crippen molar-refractivity contribution in [2.75, 3.05) is 33.8 Å². The number of unbranched alkanes of at least 4 members (excludes halogenated alkanes) is 1. The van der Waals surface area contributed by atoms with Gasteiger partial charge in [0.05, 0.1) is 6.10 Å². The van der Waals surface area contributed by atoms with Crippen LogP contribution in [0.3, 0.4) is 0 Å². The van der Waals surface area contributed by atoms with Gasteiger partial charge in [-0.05, 0) is 31.7 Å². The molecule has 0 radical (unpaired) electrons. The van der Waals surface area contributed by atoms with Crippen molar-refractivity contribution >= 4 is 29.9 Å². The number of halogens is 1. The molecule has 1 heterocycles. The molecule has 0 spiro atoms. The molecule has 0 bridgehead atoms. The summed E-state index contributed by atoms with van der Waals surface area (Å²) in [5.74, 6) is 1.47. The van der Waals surface area contributed by atoms with Gasteiger partial charge in [0.15, 0.2) is 5.96 Å². The largest absolute Gasteiger partial charge is 0.373 e. The van der Waals surface area contributed by atoms with Gasteiger partial charge in [0.2, 0.25) is 0 Å². The standard InChI is InChI=1S/C20H33N3O.HI/c1-5-6-13-23(4)20(21-3)22-15-18-8-7-14-24-19(18)17-11-9-16(2)10-12-17;/h9-12,18-19H,5-8,13-15H2,1-4H3,(H,21,22);1H. The second kappa shape index (κ2) is 11.7. The van der Waals surface area contributed by atoms with E-state index in [1.807, 2.05) is 7.05 Å². The van der Waals surface area contributed by atoms with Gasteiger partial charge in [-0.2, -0.15) is 0 Å². The van der Waals surface area contributed by atoms with Crippen LogP contribution in [0.4, 0.5) is 0 Å². The third kappa shape index (κ3) is 6.77. The molecule has 2 rings (SSSR count). The van der Waals surface area contributed by atoms with Gasteiger partial charge in [-0.25, -0.2) is 0 Å². The molecule has 0 amide bonds. The lowest BCUT2D eigenvalue weighted by Gasteiger charge is -2.33. The molecule has 1 aliphatic rings. The molecule has 2 atom stereocenters. The number of nitrogens with one attached hydrogen (secondary N) is 1. The summed E-state index contributed by atoms with van der Waals surface area (Å²) in [5.41, 5.74) is 2.59. The fraction of sp³-hybridized carbons (Fsp3) is 0.650. The number of ether oxygens (including phenoxy) is 1. The van der Waals surface area contributed by atoms with E-state index in [1.165, 1.54) is 30.4 Å². The number of hydrogen-bond donors (Lipinski definition) is 1. The van der Waals surface area contributed by atoms with Crippen molar-refractivity contribution in [3.63, 3.8) is 0 Å². The van der Waals surface area contributed by atoms with Crippen molar-refractivity contribution in [2.24, 2.45) is 10.9 Å². The topological polar surface area (TPSA) is 36.9 Å². The first-order chi connectivity index (χ1) is 11.7. The fourth-order valence-electron chi connectivity index (χ4n) is 3.29. The lowest BCUT2D eigenvalue weighted by atomic mass is 9.89. The molecule has 1 aromatic carbocycles. The molecule has 1 saturated heterocycles. The molecule has 0 aliphatic carbocycles. The Balaban J connectivity index is 0.00000312. The molecular formula is C20H34IN3O. The van der Waals surface area contributed by atoms with E-state index in [0.717, 1.165) is 32.1 Å². The molecule has 1 aliphatic heterocycles. The number of hydrogen-bond acceptors (Lipinski definition) is 2. The zero-order valence-corrected chi connectivity index (χ0v) is 18.5. The molecule has 0 saturated carbocycles. The van der Waals surface area contributed by atoms with E-state index < -0.39 is 0 Å². The monoisotopic (exact) mass is 459 g/mol. The third-order valence-corrected chi connectivity index (χ3v) is 4.79.